The normalized spacial score (nSPS) is 22.6. The molecule has 8 rings (SSSR count). The quantitative estimate of drug-likeness (QED) is 0.201. The molecule has 3 aliphatic rings. The highest BCUT2D eigenvalue weighted by molar-refractivity contribution is 6.17. The molecule has 0 radical (unpaired) electrons. The van der Waals surface area contributed by atoms with Crippen LogP contribution in [0.2, 0.25) is 0 Å². The number of carbonyl (C=O) groups excluding carboxylic acids is 3. The van der Waals surface area contributed by atoms with E-state index in [0.717, 1.165) is 22.9 Å². The van der Waals surface area contributed by atoms with E-state index in [-0.39, 0.29) is 17.5 Å². The van der Waals surface area contributed by atoms with Crippen LogP contribution in [0.25, 0.3) is 17.0 Å². The zero-order chi connectivity index (χ0) is 30.7. The maximum atomic E-state index is 15.1. The summed E-state index contributed by atoms with van der Waals surface area (Å²) in [5, 5.41) is 3.86. The van der Waals surface area contributed by atoms with Crippen molar-refractivity contribution in [2.24, 2.45) is 5.92 Å². The standard InChI is InChI=1S/C38H30N2O5/c1-2-21-44-30-18-10-6-14-26(30)34(41)33-32(35(42)31-22-24-12-4-9-17-29(24)45-31)38(27-15-7-8-16-28(27)39-37(38)43)36-25-13-5-3-11-23(25)19-20-40(33)36/h3-20,22,32-33,36H,2,21H2,1H3,(H,39,43)/t32-,33+,36+,38+/m1/s1. The minimum absolute atomic E-state index is 0.114. The van der Waals surface area contributed by atoms with Crippen LogP contribution < -0.4 is 10.1 Å². The van der Waals surface area contributed by atoms with Gasteiger partial charge in [0, 0.05) is 17.3 Å². The highest BCUT2D eigenvalue weighted by Crippen LogP contribution is 2.62. The lowest BCUT2D eigenvalue weighted by molar-refractivity contribution is -0.122. The molecule has 0 saturated carbocycles. The van der Waals surface area contributed by atoms with Crippen molar-refractivity contribution in [3.63, 3.8) is 0 Å². The van der Waals surface area contributed by atoms with Crippen LogP contribution in [0.4, 0.5) is 5.69 Å². The zero-order valence-corrected chi connectivity index (χ0v) is 24.6. The van der Waals surface area contributed by atoms with Crippen LogP contribution in [0.3, 0.4) is 0 Å². The van der Waals surface area contributed by atoms with Crippen LogP contribution in [0.5, 0.6) is 5.75 Å². The molecule has 4 atom stereocenters. The Morgan fingerprint density at radius 2 is 1.67 bits per heavy atom. The van der Waals surface area contributed by atoms with E-state index in [4.69, 9.17) is 9.15 Å². The average Bonchev–Trinajstić information content (AvgIpc) is 3.74. The number of para-hydroxylation sites is 3. The molecule has 1 spiro atoms. The van der Waals surface area contributed by atoms with Crippen LogP contribution in [-0.2, 0) is 10.2 Å². The van der Waals surface area contributed by atoms with E-state index in [1.54, 1.807) is 30.3 Å². The Labute approximate surface area is 260 Å². The number of rotatable bonds is 7. The van der Waals surface area contributed by atoms with Crippen LogP contribution in [-0.4, -0.2) is 35.0 Å². The largest absolute Gasteiger partial charge is 0.493 e. The van der Waals surface area contributed by atoms with Gasteiger partial charge >= 0.3 is 0 Å². The van der Waals surface area contributed by atoms with Gasteiger partial charge in [0.25, 0.3) is 0 Å². The average molecular weight is 595 g/mol. The van der Waals surface area contributed by atoms with Gasteiger partial charge in [-0.1, -0.05) is 79.7 Å². The van der Waals surface area contributed by atoms with Crippen molar-refractivity contribution in [2.75, 3.05) is 11.9 Å². The first-order valence-electron chi connectivity index (χ1n) is 15.3. The minimum Gasteiger partial charge on any atom is -0.493 e. The van der Waals surface area contributed by atoms with Gasteiger partial charge in [0.2, 0.25) is 11.7 Å². The Bertz CT molecular complexity index is 2010. The smallest absolute Gasteiger partial charge is 0.238 e. The molecule has 0 unspecified atom stereocenters. The number of furan rings is 1. The summed E-state index contributed by atoms with van der Waals surface area (Å²) in [6.45, 7) is 2.44. The lowest BCUT2D eigenvalue weighted by Crippen LogP contribution is -2.49. The SMILES string of the molecule is CCCOc1ccccc1C(=O)[C@@H]1[C@H](C(=O)c2cc3ccccc3o2)[C@]2(C(=O)Nc3ccccc32)[C@@H]2c3ccccc3C=CN12. The van der Waals surface area contributed by atoms with E-state index in [0.29, 0.717) is 34.8 Å². The molecule has 1 aromatic heterocycles. The maximum Gasteiger partial charge on any atom is 0.238 e. The number of Topliss-reactive ketones (excluding diaryl/α,β-unsaturated/α-hetero) is 2. The molecule has 1 amide bonds. The lowest BCUT2D eigenvalue weighted by Gasteiger charge is -2.38. The third-order valence-electron chi connectivity index (χ3n) is 9.40. The zero-order valence-electron chi connectivity index (χ0n) is 24.6. The van der Waals surface area contributed by atoms with Gasteiger partial charge in [-0.15, -0.1) is 0 Å². The van der Waals surface area contributed by atoms with Crippen molar-refractivity contribution >= 4 is 40.2 Å². The number of ketones is 2. The van der Waals surface area contributed by atoms with Crippen molar-refractivity contribution < 1.29 is 23.5 Å². The highest BCUT2D eigenvalue weighted by atomic mass is 16.5. The van der Waals surface area contributed by atoms with E-state index >= 15 is 9.59 Å². The number of carbonyl (C=O) groups is 3. The van der Waals surface area contributed by atoms with Crippen LogP contribution >= 0.6 is 0 Å². The van der Waals surface area contributed by atoms with Crippen molar-refractivity contribution in [3.8, 4) is 5.75 Å². The summed E-state index contributed by atoms with van der Waals surface area (Å²) in [4.78, 5) is 46.7. The molecule has 7 nitrogen and oxygen atoms in total. The number of hydrogen-bond donors (Lipinski definition) is 1. The molecule has 222 valence electrons. The first kappa shape index (κ1) is 27.1. The van der Waals surface area contributed by atoms with Gasteiger partial charge in [-0.25, -0.2) is 0 Å². The molecule has 1 fully saturated rings. The van der Waals surface area contributed by atoms with E-state index in [1.807, 2.05) is 96.9 Å². The van der Waals surface area contributed by atoms with Gasteiger partial charge in [0.1, 0.15) is 22.8 Å². The van der Waals surface area contributed by atoms with Crippen molar-refractivity contribution in [2.45, 2.75) is 30.8 Å². The summed E-state index contributed by atoms with van der Waals surface area (Å²) in [7, 11) is 0. The molecular weight excluding hydrogens is 564 g/mol. The number of nitrogens with zero attached hydrogens (tertiary/aromatic N) is 1. The van der Waals surface area contributed by atoms with Crippen LogP contribution in [0.1, 0.15) is 57.0 Å². The summed E-state index contributed by atoms with van der Waals surface area (Å²) >= 11 is 0. The van der Waals surface area contributed by atoms with E-state index in [2.05, 4.69) is 5.32 Å². The molecule has 5 aromatic rings. The van der Waals surface area contributed by atoms with Crippen LogP contribution in [0.15, 0.2) is 114 Å². The van der Waals surface area contributed by atoms with Gasteiger partial charge in [0.15, 0.2) is 11.5 Å². The lowest BCUT2D eigenvalue weighted by atomic mass is 9.63. The minimum atomic E-state index is -1.44. The summed E-state index contributed by atoms with van der Waals surface area (Å²) < 4.78 is 12.2. The van der Waals surface area contributed by atoms with E-state index in [9.17, 15) is 4.79 Å². The first-order valence-corrected chi connectivity index (χ1v) is 15.3. The first-order chi connectivity index (χ1) is 22.0. The van der Waals surface area contributed by atoms with Gasteiger partial charge in [-0.2, -0.15) is 0 Å². The number of benzene rings is 4. The van der Waals surface area contributed by atoms with Crippen molar-refractivity contribution in [1.29, 1.82) is 0 Å². The Morgan fingerprint density at radius 3 is 2.53 bits per heavy atom. The molecule has 0 aliphatic carbocycles. The predicted molar refractivity (Wildman–Crippen MR) is 171 cm³/mol. The summed E-state index contributed by atoms with van der Waals surface area (Å²) in [5.74, 6) is -1.57. The van der Waals surface area contributed by atoms with Crippen molar-refractivity contribution in [3.05, 3.63) is 137 Å². The number of nitrogens with one attached hydrogen (secondary N) is 1. The Morgan fingerprint density at radius 1 is 0.911 bits per heavy atom. The fraction of sp³-hybridized carbons (Fsp3) is 0.184. The Kier molecular flexibility index (Phi) is 6.24. The topological polar surface area (TPSA) is 88.9 Å². The third-order valence-corrected chi connectivity index (χ3v) is 9.40. The van der Waals surface area contributed by atoms with Gasteiger partial charge < -0.3 is 19.4 Å². The van der Waals surface area contributed by atoms with E-state index in [1.165, 1.54) is 0 Å². The molecule has 45 heavy (non-hydrogen) atoms. The van der Waals surface area contributed by atoms with Gasteiger partial charge in [-0.3, -0.25) is 14.4 Å². The number of anilines is 1. The maximum absolute atomic E-state index is 15.1. The second-order valence-electron chi connectivity index (χ2n) is 11.8. The summed E-state index contributed by atoms with van der Waals surface area (Å²) in [6, 6.07) is 29.9. The number of fused-ring (bicyclic) bond motifs is 7. The Hall–Kier alpha value is -5.43. The Balaban J connectivity index is 1.41. The number of hydrogen-bond acceptors (Lipinski definition) is 6. The van der Waals surface area contributed by atoms with Gasteiger partial charge in [-0.05, 0) is 59.5 Å². The molecule has 4 heterocycles. The molecule has 1 N–H and O–H groups in total. The highest BCUT2D eigenvalue weighted by Gasteiger charge is 2.71. The molecule has 1 saturated heterocycles. The van der Waals surface area contributed by atoms with Crippen LogP contribution in [0, 0.1) is 5.92 Å². The predicted octanol–water partition coefficient (Wildman–Crippen LogP) is 7.20. The molecule has 4 aromatic carbocycles. The molecular formula is C38H30N2O5. The molecule has 3 aliphatic heterocycles. The molecule has 0 bridgehead atoms. The second-order valence-corrected chi connectivity index (χ2v) is 11.8. The fourth-order valence-electron chi connectivity index (χ4n) is 7.59. The second kappa shape index (κ2) is 10.3. The summed E-state index contributed by atoms with van der Waals surface area (Å²) in [6.07, 6.45) is 4.59. The fourth-order valence-corrected chi connectivity index (χ4v) is 7.59. The number of ether oxygens (including phenoxy) is 1. The van der Waals surface area contributed by atoms with Crippen molar-refractivity contribution in [1.82, 2.24) is 4.90 Å². The monoisotopic (exact) mass is 594 g/mol. The van der Waals surface area contributed by atoms with Gasteiger partial charge in [0.05, 0.1) is 24.1 Å². The third kappa shape index (κ3) is 3.86. The van der Waals surface area contributed by atoms with E-state index < -0.39 is 29.2 Å². The molecule has 7 heteroatoms. The number of amides is 1. The summed E-state index contributed by atoms with van der Waals surface area (Å²) in [5.41, 5.74) is 2.63.